The molecule has 0 atom stereocenters. The average molecular weight is 160 g/mol. The van der Waals surface area contributed by atoms with Gasteiger partial charge in [-0.25, -0.2) is 0 Å². The predicted octanol–water partition coefficient (Wildman–Crippen LogP) is 1.16. The second-order valence-electron chi connectivity index (χ2n) is 1.36. The molecule has 0 N–H and O–H groups in total. The second-order valence-corrected chi connectivity index (χ2v) is 3.47. The Morgan fingerprint density at radius 3 is 2.44 bits per heavy atom. The third kappa shape index (κ3) is 1.65. The van der Waals surface area contributed by atoms with Crippen molar-refractivity contribution in [2.24, 2.45) is 0 Å². The summed E-state index contributed by atoms with van der Waals surface area (Å²) >= 11 is 1.21. The molecule has 0 aliphatic heterocycles. The van der Waals surface area contributed by atoms with Crippen LogP contribution in [0.15, 0.2) is 23.6 Å². The zero-order chi connectivity index (χ0) is 6.69. The van der Waals surface area contributed by atoms with Gasteiger partial charge in [-0.2, -0.15) is 8.42 Å². The molecule has 0 saturated heterocycles. The van der Waals surface area contributed by atoms with Crippen LogP contribution in [0.25, 0.3) is 0 Å². The quantitative estimate of drug-likeness (QED) is 0.534. The predicted molar refractivity (Wildman–Crippen MR) is 36.5 cm³/mol. The van der Waals surface area contributed by atoms with Gasteiger partial charge >= 0.3 is 0 Å². The van der Waals surface area contributed by atoms with Crippen molar-refractivity contribution in [2.45, 2.75) is 0 Å². The van der Waals surface area contributed by atoms with Gasteiger partial charge < -0.3 is 0 Å². The van der Waals surface area contributed by atoms with Crippen molar-refractivity contribution < 1.29 is 8.42 Å². The standard InChI is InChI=1S/C5H4O2S2/c6-9(7)5-3-1-2-4-8-5/h1-4H. The van der Waals surface area contributed by atoms with Crippen molar-refractivity contribution in [3.05, 3.63) is 27.4 Å². The lowest BCUT2D eigenvalue weighted by Crippen LogP contribution is -1.59. The summed E-state index contributed by atoms with van der Waals surface area (Å²) in [5.74, 6) is 0. The summed E-state index contributed by atoms with van der Waals surface area (Å²) in [6.07, 6.45) is 0. The molecule has 0 bridgehead atoms. The van der Waals surface area contributed by atoms with E-state index in [0.717, 1.165) is 0 Å². The van der Waals surface area contributed by atoms with Gasteiger partial charge in [0.1, 0.15) is 3.82 Å². The Hall–Kier alpha value is -0.610. The molecule has 9 heavy (non-hydrogen) atoms. The highest BCUT2D eigenvalue weighted by atomic mass is 32.2. The normalized spacial score (nSPS) is 8.89. The van der Waals surface area contributed by atoms with Crippen LogP contribution in [0, 0.1) is 3.82 Å². The van der Waals surface area contributed by atoms with E-state index in [0.29, 0.717) is 3.82 Å². The van der Waals surface area contributed by atoms with Crippen LogP contribution in [0.5, 0.6) is 0 Å². The Labute approximate surface area is 57.9 Å². The van der Waals surface area contributed by atoms with Crippen molar-refractivity contribution in [2.75, 3.05) is 0 Å². The lowest BCUT2D eigenvalue weighted by atomic mass is 10.6. The van der Waals surface area contributed by atoms with Gasteiger partial charge in [0.05, 0.1) is 0 Å². The zero-order valence-corrected chi connectivity index (χ0v) is 6.08. The van der Waals surface area contributed by atoms with E-state index in [1.54, 1.807) is 23.6 Å². The first-order chi connectivity index (χ1) is 4.30. The number of rotatable bonds is 0. The summed E-state index contributed by atoms with van der Waals surface area (Å²) in [7, 11) is -2.06. The highest BCUT2D eigenvalue weighted by molar-refractivity contribution is 7.66. The van der Waals surface area contributed by atoms with Crippen LogP contribution >= 0.6 is 11.3 Å². The average Bonchev–Trinajstić information content (AvgIpc) is 1.90. The number of hydrogen-bond acceptors (Lipinski definition) is 3. The monoisotopic (exact) mass is 160 g/mol. The summed E-state index contributed by atoms with van der Waals surface area (Å²) in [4.78, 5) is 0. The van der Waals surface area contributed by atoms with Gasteiger partial charge in [-0.1, -0.05) is 12.1 Å². The third-order valence-electron chi connectivity index (χ3n) is 0.770. The Morgan fingerprint density at radius 2 is 2.11 bits per heavy atom. The van der Waals surface area contributed by atoms with Crippen molar-refractivity contribution in [3.8, 4) is 0 Å². The van der Waals surface area contributed by atoms with Crippen LogP contribution < -0.4 is 0 Å². The van der Waals surface area contributed by atoms with Gasteiger partial charge in [0.15, 0.2) is 0 Å². The molecule has 0 aliphatic rings. The topological polar surface area (TPSA) is 34.1 Å². The highest BCUT2D eigenvalue weighted by Gasteiger charge is 1.76. The fraction of sp³-hybridized carbons (Fsp3) is 0. The van der Waals surface area contributed by atoms with Crippen LogP contribution in [-0.4, -0.2) is 8.42 Å². The summed E-state index contributed by atoms with van der Waals surface area (Å²) in [5, 5.41) is 1.73. The van der Waals surface area contributed by atoms with E-state index >= 15 is 0 Å². The van der Waals surface area contributed by atoms with E-state index in [1.165, 1.54) is 11.3 Å². The maximum absolute atomic E-state index is 10.2. The minimum absolute atomic E-state index is 0.373. The molecule has 1 rings (SSSR count). The first-order valence-corrected chi connectivity index (χ1v) is 4.22. The molecule has 0 radical (unpaired) electrons. The molecular formula is C5H4O2S2. The lowest BCUT2D eigenvalue weighted by molar-refractivity contribution is 0.625. The van der Waals surface area contributed by atoms with E-state index in [-0.39, 0.29) is 0 Å². The SMILES string of the molecule is O=S(=O)=c1ccccs1. The molecule has 1 aromatic heterocycles. The van der Waals surface area contributed by atoms with Gasteiger partial charge in [-0.05, 0) is 11.4 Å². The molecule has 0 fully saturated rings. The Bertz CT molecular complexity index is 322. The van der Waals surface area contributed by atoms with Gasteiger partial charge in [0.25, 0.3) is 0 Å². The third-order valence-corrected chi connectivity index (χ3v) is 2.59. The zero-order valence-electron chi connectivity index (χ0n) is 4.44. The molecule has 0 amide bonds. The Balaban J connectivity index is 3.67. The van der Waals surface area contributed by atoms with Crippen LogP contribution in [0.3, 0.4) is 0 Å². The summed E-state index contributed by atoms with van der Waals surface area (Å²) in [5.41, 5.74) is 0. The van der Waals surface area contributed by atoms with Crippen LogP contribution in [0.4, 0.5) is 0 Å². The fourth-order valence-electron chi connectivity index (χ4n) is 0.420. The van der Waals surface area contributed by atoms with E-state index in [4.69, 9.17) is 0 Å². The molecule has 1 aromatic rings. The minimum Gasteiger partial charge on any atom is -0.183 e. The minimum atomic E-state index is -2.06. The largest absolute Gasteiger partial charge is 0.231 e. The number of hydrogen-bond donors (Lipinski definition) is 0. The molecular weight excluding hydrogens is 156 g/mol. The molecule has 0 saturated carbocycles. The molecule has 0 aromatic carbocycles. The summed E-state index contributed by atoms with van der Waals surface area (Å²) in [6, 6.07) is 5.05. The smallest absolute Gasteiger partial charge is 0.183 e. The first kappa shape index (κ1) is 6.51. The Morgan fingerprint density at radius 1 is 1.33 bits per heavy atom. The fourth-order valence-corrected chi connectivity index (χ4v) is 1.55. The second kappa shape index (κ2) is 2.80. The van der Waals surface area contributed by atoms with E-state index in [9.17, 15) is 8.42 Å². The Kier molecular flexibility index (Phi) is 2.02. The van der Waals surface area contributed by atoms with Gasteiger partial charge in [-0.15, -0.1) is 11.3 Å². The van der Waals surface area contributed by atoms with Crippen molar-refractivity contribution in [3.63, 3.8) is 0 Å². The molecule has 48 valence electrons. The van der Waals surface area contributed by atoms with Gasteiger partial charge in [-0.3, -0.25) is 0 Å². The first-order valence-electron chi connectivity index (χ1n) is 2.27. The van der Waals surface area contributed by atoms with Crippen molar-refractivity contribution >= 4 is 21.6 Å². The summed E-state index contributed by atoms with van der Waals surface area (Å²) in [6.45, 7) is 0. The molecule has 0 unspecified atom stereocenters. The van der Waals surface area contributed by atoms with E-state index in [1.807, 2.05) is 0 Å². The molecule has 0 aliphatic carbocycles. The lowest BCUT2D eigenvalue weighted by Gasteiger charge is -1.72. The van der Waals surface area contributed by atoms with E-state index < -0.39 is 10.3 Å². The van der Waals surface area contributed by atoms with Crippen LogP contribution in [0.1, 0.15) is 0 Å². The molecule has 4 heteroatoms. The van der Waals surface area contributed by atoms with Crippen LogP contribution in [-0.2, 0) is 10.3 Å². The van der Waals surface area contributed by atoms with Gasteiger partial charge in [0.2, 0.25) is 10.3 Å². The maximum atomic E-state index is 10.2. The summed E-state index contributed by atoms with van der Waals surface area (Å²) < 4.78 is 20.8. The van der Waals surface area contributed by atoms with Crippen LogP contribution in [0.2, 0.25) is 0 Å². The molecule has 0 spiro atoms. The molecule has 2 nitrogen and oxygen atoms in total. The molecule has 1 heterocycles. The van der Waals surface area contributed by atoms with E-state index in [2.05, 4.69) is 0 Å². The van der Waals surface area contributed by atoms with Gasteiger partial charge in [0, 0.05) is 0 Å². The maximum Gasteiger partial charge on any atom is 0.231 e. The van der Waals surface area contributed by atoms with Crippen molar-refractivity contribution in [1.82, 2.24) is 0 Å². The van der Waals surface area contributed by atoms with Crippen molar-refractivity contribution in [1.29, 1.82) is 0 Å². The highest BCUT2D eigenvalue weighted by Crippen LogP contribution is 1.95.